The molecule has 0 fully saturated rings. The number of carbonyl (C=O) groups excluding carboxylic acids is 3. The van der Waals surface area contributed by atoms with Gasteiger partial charge in [-0.15, -0.1) is 11.3 Å². The van der Waals surface area contributed by atoms with Gasteiger partial charge in [-0.1, -0.05) is 17.2 Å². The van der Waals surface area contributed by atoms with Gasteiger partial charge in [-0.2, -0.15) is 0 Å². The minimum absolute atomic E-state index is 0.114. The Morgan fingerprint density at radius 3 is 2.43 bits per heavy atom. The number of nitrogens with one attached hydrogen (secondary N) is 1. The van der Waals surface area contributed by atoms with Crippen LogP contribution >= 0.6 is 11.3 Å². The standard InChI is InChI=1S/C19H15N3O5S/c1-9-10(2)28-17-15(9)16(24)20-13(21-17)7-8-14(23)27-22-18(25)11-5-3-4-6-12(11)19(22)26/h3-6H,7-8H2,1-2H3,(H,20,21,24). The highest BCUT2D eigenvalue weighted by molar-refractivity contribution is 7.18. The Bertz CT molecular complexity index is 1170. The average Bonchev–Trinajstić information content (AvgIpc) is 3.09. The maximum atomic E-state index is 12.3. The van der Waals surface area contributed by atoms with E-state index in [-0.39, 0.29) is 29.5 Å². The highest BCUT2D eigenvalue weighted by Crippen LogP contribution is 2.26. The van der Waals surface area contributed by atoms with Gasteiger partial charge < -0.3 is 9.82 Å². The lowest BCUT2D eigenvalue weighted by molar-refractivity contribution is -0.168. The summed E-state index contributed by atoms with van der Waals surface area (Å²) in [5, 5.41) is 1.03. The number of hydrogen-bond acceptors (Lipinski definition) is 7. The minimum atomic E-state index is -0.768. The fourth-order valence-corrected chi connectivity index (χ4v) is 4.08. The fourth-order valence-electron chi connectivity index (χ4n) is 3.04. The zero-order valence-electron chi connectivity index (χ0n) is 15.1. The Kier molecular flexibility index (Phi) is 4.31. The van der Waals surface area contributed by atoms with Crippen molar-refractivity contribution in [2.75, 3.05) is 0 Å². The number of carbonyl (C=O) groups is 3. The van der Waals surface area contributed by atoms with E-state index in [0.717, 1.165) is 10.4 Å². The van der Waals surface area contributed by atoms with E-state index in [1.54, 1.807) is 12.1 Å². The molecule has 0 bridgehead atoms. The first-order valence-corrected chi connectivity index (χ1v) is 9.36. The number of amides is 2. The van der Waals surface area contributed by atoms with Gasteiger partial charge >= 0.3 is 5.97 Å². The molecule has 28 heavy (non-hydrogen) atoms. The van der Waals surface area contributed by atoms with Crippen LogP contribution in [0.15, 0.2) is 29.1 Å². The molecule has 8 nitrogen and oxygen atoms in total. The van der Waals surface area contributed by atoms with Crippen molar-refractivity contribution in [1.82, 2.24) is 15.0 Å². The molecule has 0 atom stereocenters. The largest absolute Gasteiger partial charge is 0.333 e. The van der Waals surface area contributed by atoms with Crippen molar-refractivity contribution in [2.24, 2.45) is 0 Å². The summed E-state index contributed by atoms with van der Waals surface area (Å²) in [6, 6.07) is 6.25. The van der Waals surface area contributed by atoms with Crippen LogP contribution in [0.25, 0.3) is 10.2 Å². The second-order valence-electron chi connectivity index (χ2n) is 6.39. The third-order valence-corrected chi connectivity index (χ3v) is 5.71. The van der Waals surface area contributed by atoms with E-state index >= 15 is 0 Å². The molecule has 4 rings (SSSR count). The molecule has 3 heterocycles. The van der Waals surface area contributed by atoms with Gasteiger partial charge in [0.2, 0.25) is 0 Å². The van der Waals surface area contributed by atoms with Gasteiger partial charge in [0.25, 0.3) is 17.4 Å². The summed E-state index contributed by atoms with van der Waals surface area (Å²) in [5.41, 5.74) is 1.03. The van der Waals surface area contributed by atoms with Crippen LogP contribution in [0, 0.1) is 13.8 Å². The summed E-state index contributed by atoms with van der Waals surface area (Å²) >= 11 is 1.42. The molecule has 142 valence electrons. The summed E-state index contributed by atoms with van der Waals surface area (Å²) in [6.07, 6.45) is -0.0334. The van der Waals surface area contributed by atoms with Crippen molar-refractivity contribution in [3.63, 3.8) is 0 Å². The number of fused-ring (bicyclic) bond motifs is 2. The van der Waals surface area contributed by atoms with E-state index in [0.29, 0.717) is 21.1 Å². The van der Waals surface area contributed by atoms with Crippen molar-refractivity contribution < 1.29 is 19.2 Å². The molecule has 1 N–H and O–H groups in total. The van der Waals surface area contributed by atoms with Gasteiger partial charge in [-0.3, -0.25) is 14.4 Å². The Morgan fingerprint density at radius 1 is 1.14 bits per heavy atom. The number of aryl methyl sites for hydroxylation is 3. The maximum Gasteiger partial charge on any atom is 0.333 e. The molecule has 0 saturated heterocycles. The Morgan fingerprint density at radius 2 is 1.79 bits per heavy atom. The topological polar surface area (TPSA) is 109 Å². The molecule has 2 aromatic heterocycles. The number of hydroxylamine groups is 2. The summed E-state index contributed by atoms with van der Waals surface area (Å²) in [7, 11) is 0. The third-order valence-electron chi connectivity index (χ3n) is 4.60. The quantitative estimate of drug-likeness (QED) is 0.677. The number of H-pyrrole nitrogens is 1. The van der Waals surface area contributed by atoms with Crippen molar-refractivity contribution in [3.05, 3.63) is 62.0 Å². The van der Waals surface area contributed by atoms with E-state index in [1.165, 1.54) is 23.5 Å². The summed E-state index contributed by atoms with van der Waals surface area (Å²) in [5.74, 6) is -1.77. The number of aromatic nitrogens is 2. The number of imide groups is 1. The molecule has 1 aromatic carbocycles. The van der Waals surface area contributed by atoms with Crippen molar-refractivity contribution in [1.29, 1.82) is 0 Å². The first-order chi connectivity index (χ1) is 13.4. The van der Waals surface area contributed by atoms with Crippen LogP contribution in [0.1, 0.15) is 43.4 Å². The molecular formula is C19H15N3O5S. The monoisotopic (exact) mass is 397 g/mol. The molecule has 0 saturated carbocycles. The van der Waals surface area contributed by atoms with Gasteiger partial charge in [-0.25, -0.2) is 9.78 Å². The highest BCUT2D eigenvalue weighted by Gasteiger charge is 2.38. The van der Waals surface area contributed by atoms with Crippen LogP contribution in [0.3, 0.4) is 0 Å². The predicted molar refractivity (Wildman–Crippen MR) is 101 cm³/mol. The number of thiophene rings is 1. The van der Waals surface area contributed by atoms with E-state index < -0.39 is 17.8 Å². The van der Waals surface area contributed by atoms with Crippen LogP contribution in [0.5, 0.6) is 0 Å². The Balaban J connectivity index is 1.46. The van der Waals surface area contributed by atoms with Gasteiger partial charge in [0.1, 0.15) is 10.7 Å². The molecule has 1 aliphatic heterocycles. The SMILES string of the molecule is Cc1sc2nc(CCC(=O)ON3C(=O)c4ccccc4C3=O)[nH]c(=O)c2c1C. The first-order valence-electron chi connectivity index (χ1n) is 8.54. The maximum absolute atomic E-state index is 12.3. The molecule has 9 heteroatoms. The molecular weight excluding hydrogens is 382 g/mol. The number of nitrogens with zero attached hydrogens (tertiary/aromatic N) is 2. The van der Waals surface area contributed by atoms with Crippen molar-refractivity contribution >= 4 is 39.3 Å². The van der Waals surface area contributed by atoms with Gasteiger partial charge in [0.15, 0.2) is 0 Å². The highest BCUT2D eigenvalue weighted by atomic mass is 32.1. The van der Waals surface area contributed by atoms with Gasteiger partial charge in [0, 0.05) is 11.3 Å². The lowest BCUT2D eigenvalue weighted by atomic mass is 10.1. The molecule has 0 unspecified atom stereocenters. The smallest absolute Gasteiger partial charge is 0.330 e. The summed E-state index contributed by atoms with van der Waals surface area (Å²) < 4.78 is 0. The van der Waals surface area contributed by atoms with Gasteiger partial charge in [-0.05, 0) is 31.5 Å². The second kappa shape index (κ2) is 6.68. The number of aromatic amines is 1. The third kappa shape index (κ3) is 2.89. The van der Waals surface area contributed by atoms with Crippen LogP contribution in [0.2, 0.25) is 0 Å². The average molecular weight is 397 g/mol. The van der Waals surface area contributed by atoms with Crippen LogP contribution in [-0.4, -0.2) is 32.8 Å². The van der Waals surface area contributed by atoms with Crippen LogP contribution in [0.4, 0.5) is 0 Å². The molecule has 0 radical (unpaired) electrons. The number of hydrogen-bond donors (Lipinski definition) is 1. The van der Waals surface area contributed by atoms with Gasteiger partial charge in [0.05, 0.1) is 22.9 Å². The minimum Gasteiger partial charge on any atom is -0.330 e. The van der Waals surface area contributed by atoms with Crippen LogP contribution in [-0.2, 0) is 16.1 Å². The normalized spacial score (nSPS) is 13.3. The van der Waals surface area contributed by atoms with Crippen LogP contribution < -0.4 is 5.56 Å². The number of rotatable bonds is 4. The first kappa shape index (κ1) is 18.1. The lowest BCUT2D eigenvalue weighted by Crippen LogP contribution is -2.32. The van der Waals surface area contributed by atoms with E-state index in [1.807, 2.05) is 13.8 Å². The summed E-state index contributed by atoms with van der Waals surface area (Å²) in [4.78, 5) is 62.5. The predicted octanol–water partition coefficient (Wildman–Crippen LogP) is 2.29. The van der Waals surface area contributed by atoms with E-state index in [2.05, 4.69) is 9.97 Å². The van der Waals surface area contributed by atoms with E-state index in [4.69, 9.17) is 4.84 Å². The zero-order chi connectivity index (χ0) is 20.0. The summed E-state index contributed by atoms with van der Waals surface area (Å²) in [6.45, 7) is 3.78. The van der Waals surface area contributed by atoms with Crippen molar-refractivity contribution in [2.45, 2.75) is 26.7 Å². The number of benzene rings is 1. The second-order valence-corrected chi connectivity index (χ2v) is 7.59. The molecule has 1 aliphatic rings. The van der Waals surface area contributed by atoms with Crippen molar-refractivity contribution in [3.8, 4) is 0 Å². The fraction of sp³-hybridized carbons (Fsp3) is 0.211. The Hall–Kier alpha value is -3.33. The molecule has 3 aromatic rings. The molecule has 0 aliphatic carbocycles. The van der Waals surface area contributed by atoms with E-state index in [9.17, 15) is 19.2 Å². The zero-order valence-corrected chi connectivity index (χ0v) is 15.9. The molecule has 2 amide bonds. The Labute approximate surface area is 162 Å². The lowest BCUT2D eigenvalue weighted by Gasteiger charge is -2.12. The molecule has 0 spiro atoms.